The van der Waals surface area contributed by atoms with Gasteiger partial charge in [-0.2, -0.15) is 9.83 Å². The van der Waals surface area contributed by atoms with Crippen LogP contribution in [0.5, 0.6) is 0 Å². The number of thiocarbonyl (C=S) groups is 1. The molecule has 2 rings (SSSR count). The van der Waals surface area contributed by atoms with Gasteiger partial charge in [-0.15, -0.1) is 11.3 Å². The molecule has 0 aliphatic carbocycles. The highest BCUT2D eigenvalue weighted by Crippen LogP contribution is 2.11. The van der Waals surface area contributed by atoms with Crippen LogP contribution in [0.1, 0.15) is 21.7 Å². The minimum Gasteiger partial charge on any atom is -0.618 e. The molecule has 0 atom stereocenters. The van der Waals surface area contributed by atoms with E-state index in [2.05, 4.69) is 27.2 Å². The molecular formula is C16H17N5O4S. The molecule has 1 aromatic carbocycles. The van der Waals surface area contributed by atoms with Crippen molar-refractivity contribution in [1.82, 2.24) is 10.7 Å². The van der Waals surface area contributed by atoms with Crippen molar-refractivity contribution in [3.63, 3.8) is 0 Å². The van der Waals surface area contributed by atoms with Crippen LogP contribution in [0, 0.1) is 17.3 Å². The largest absolute Gasteiger partial charge is 0.618 e. The zero-order chi connectivity index (χ0) is 19.3. The molecule has 9 nitrogen and oxygen atoms in total. The van der Waals surface area contributed by atoms with Gasteiger partial charge in [-0.1, -0.05) is 6.08 Å². The van der Waals surface area contributed by atoms with Crippen molar-refractivity contribution in [3.8, 4) is 0 Å². The van der Waals surface area contributed by atoms with Gasteiger partial charge in [-0.25, -0.2) is 4.79 Å². The van der Waals surface area contributed by atoms with Gasteiger partial charge in [-0.05, 0) is 18.3 Å². The Morgan fingerprint density at radius 1 is 1.38 bits per heavy atom. The molecule has 136 valence electrons. The van der Waals surface area contributed by atoms with Crippen LogP contribution in [-0.4, -0.2) is 31.0 Å². The number of methoxy groups -OCH3 is 1. The lowest BCUT2D eigenvalue weighted by atomic mass is 10.2. The summed E-state index contributed by atoms with van der Waals surface area (Å²) < 4.78 is 5.48. The van der Waals surface area contributed by atoms with Crippen LogP contribution < -0.4 is 20.2 Å². The van der Waals surface area contributed by atoms with Crippen LogP contribution in [0.4, 0.5) is 0 Å². The maximum Gasteiger partial charge on any atom is 0.411 e. The average molecular weight is 375 g/mol. The van der Waals surface area contributed by atoms with Crippen LogP contribution in [0.2, 0.25) is 0 Å². The fraction of sp³-hybridized carbons (Fsp3) is 0.188. The van der Waals surface area contributed by atoms with Crippen molar-refractivity contribution >= 4 is 40.5 Å². The first kappa shape index (κ1) is 19.1. The quantitative estimate of drug-likeness (QED) is 0.146. The van der Waals surface area contributed by atoms with Crippen LogP contribution >= 0.6 is 12.2 Å². The lowest BCUT2D eigenvalue weighted by Crippen LogP contribution is -2.46. The number of hydrogen-bond acceptors (Lipinski definition) is 6. The van der Waals surface area contributed by atoms with Gasteiger partial charge in [0.15, 0.2) is 5.11 Å². The third kappa shape index (κ3) is 3.86. The Kier molecular flexibility index (Phi) is 6.02. The van der Waals surface area contributed by atoms with Gasteiger partial charge < -0.3 is 20.5 Å². The number of nitrogens with zero attached hydrogens (tertiary/aromatic N) is 3. The molecule has 0 aliphatic heterocycles. The highest BCUT2D eigenvalue weighted by molar-refractivity contribution is 7.80. The summed E-state index contributed by atoms with van der Waals surface area (Å²) in [5.74, 6) is -0.886. The predicted molar refractivity (Wildman–Crippen MR) is 99.5 cm³/mol. The second kappa shape index (κ2) is 8.21. The van der Waals surface area contributed by atoms with Gasteiger partial charge in [-0.3, -0.25) is 5.43 Å². The van der Waals surface area contributed by atoms with E-state index in [1.165, 1.54) is 25.3 Å². The number of hydrogen-bond donors (Lipinski definition) is 2. The number of rotatable bonds is 5. The standard InChI is InChI=1S/C16H17N5O4S/c1-4-7-17-16(26)19-18-9-11-5-6-12-13(8-11)21(24)14(15(22)25-3)10(2)20(12)23/h4-6,8-9H,1,7H2,2-3H3,(H2,17,19,26)/b18-9+. The second-order valence-electron chi connectivity index (χ2n) is 5.13. The zero-order valence-electron chi connectivity index (χ0n) is 14.2. The molecule has 0 spiro atoms. The van der Waals surface area contributed by atoms with Gasteiger partial charge in [0.2, 0.25) is 0 Å². The third-order valence-electron chi connectivity index (χ3n) is 3.45. The molecule has 26 heavy (non-hydrogen) atoms. The van der Waals surface area contributed by atoms with E-state index in [-0.39, 0.29) is 22.4 Å². The van der Waals surface area contributed by atoms with Crippen LogP contribution in [0.25, 0.3) is 11.0 Å². The van der Waals surface area contributed by atoms with Crippen LogP contribution in [0.3, 0.4) is 0 Å². The molecule has 1 heterocycles. The SMILES string of the molecule is C=CCNC(=S)N/N=C/c1ccc2c(c1)[n+]([O-])c(C(=O)OC)c(C)[n+]2[O-]. The Labute approximate surface area is 154 Å². The number of nitrogens with one attached hydrogen (secondary N) is 2. The highest BCUT2D eigenvalue weighted by atomic mass is 32.1. The summed E-state index contributed by atoms with van der Waals surface area (Å²) in [5, 5.41) is 31.9. The summed E-state index contributed by atoms with van der Waals surface area (Å²) in [6.45, 7) is 5.43. The van der Waals surface area contributed by atoms with Gasteiger partial charge in [0.05, 0.1) is 13.3 Å². The summed E-state index contributed by atoms with van der Waals surface area (Å²) in [5.41, 5.74) is 2.87. The maximum atomic E-state index is 12.5. The second-order valence-corrected chi connectivity index (χ2v) is 5.54. The summed E-state index contributed by atoms with van der Waals surface area (Å²) in [6.07, 6.45) is 3.07. The molecule has 0 saturated heterocycles. The molecule has 2 N–H and O–H groups in total. The topological polar surface area (TPSA) is 117 Å². The minimum absolute atomic E-state index is 0.0160. The average Bonchev–Trinajstić information content (AvgIpc) is 2.64. The van der Waals surface area contributed by atoms with E-state index >= 15 is 0 Å². The number of carbonyl (C=O) groups excluding carboxylic acids is 1. The summed E-state index contributed by atoms with van der Waals surface area (Å²) >= 11 is 4.99. The van der Waals surface area contributed by atoms with Crippen LogP contribution in [-0.2, 0) is 4.74 Å². The number of ether oxygens (including phenoxy) is 1. The molecule has 0 saturated carbocycles. The Bertz CT molecular complexity index is 913. The summed E-state index contributed by atoms with van der Waals surface area (Å²) in [4.78, 5) is 11.8. The molecule has 1 aromatic heterocycles. The number of benzene rings is 1. The van der Waals surface area contributed by atoms with E-state index < -0.39 is 5.97 Å². The summed E-state index contributed by atoms with van der Waals surface area (Å²) in [6, 6.07) is 4.52. The van der Waals surface area contributed by atoms with Gasteiger partial charge in [0.1, 0.15) is 0 Å². The number of hydrazone groups is 1. The van der Waals surface area contributed by atoms with Gasteiger partial charge in [0.25, 0.3) is 16.7 Å². The fourth-order valence-corrected chi connectivity index (χ4v) is 2.33. The fourth-order valence-electron chi connectivity index (χ4n) is 2.20. The van der Waals surface area contributed by atoms with Crippen molar-refractivity contribution in [1.29, 1.82) is 0 Å². The van der Waals surface area contributed by atoms with E-state index in [9.17, 15) is 15.2 Å². The first-order valence-corrected chi connectivity index (χ1v) is 7.87. The lowest BCUT2D eigenvalue weighted by molar-refractivity contribution is -0.635. The normalized spacial score (nSPS) is 10.7. The van der Waals surface area contributed by atoms with Gasteiger partial charge in [0, 0.05) is 31.2 Å². The molecule has 0 bridgehead atoms. The number of carbonyl (C=O) groups is 1. The number of fused-ring (bicyclic) bond motifs is 1. The molecule has 0 aliphatic rings. The first-order valence-electron chi connectivity index (χ1n) is 7.46. The molecule has 0 unspecified atom stereocenters. The molecule has 0 fully saturated rings. The van der Waals surface area contributed by atoms with E-state index in [1.54, 1.807) is 12.1 Å². The van der Waals surface area contributed by atoms with E-state index in [1.807, 2.05) is 0 Å². The first-order chi connectivity index (χ1) is 12.4. The monoisotopic (exact) mass is 375 g/mol. The highest BCUT2D eigenvalue weighted by Gasteiger charge is 2.31. The Balaban J connectivity index is 2.39. The van der Waals surface area contributed by atoms with Gasteiger partial charge >= 0.3 is 11.7 Å². The molecule has 0 radical (unpaired) electrons. The molecule has 0 amide bonds. The lowest BCUT2D eigenvalue weighted by Gasteiger charge is -2.10. The smallest absolute Gasteiger partial charge is 0.411 e. The number of aromatic nitrogens is 2. The summed E-state index contributed by atoms with van der Waals surface area (Å²) in [7, 11) is 1.14. The van der Waals surface area contributed by atoms with E-state index in [0.717, 1.165) is 7.11 Å². The Morgan fingerprint density at radius 3 is 2.77 bits per heavy atom. The minimum atomic E-state index is -0.886. The Hall–Kier alpha value is -3.27. The molecule has 10 heteroatoms. The predicted octanol–water partition coefficient (Wildman–Crippen LogP) is 0.186. The molecular weight excluding hydrogens is 358 g/mol. The maximum absolute atomic E-state index is 12.5. The van der Waals surface area contributed by atoms with Crippen molar-refractivity contribution in [2.24, 2.45) is 5.10 Å². The third-order valence-corrected chi connectivity index (χ3v) is 3.69. The van der Waals surface area contributed by atoms with Crippen molar-refractivity contribution in [2.45, 2.75) is 6.92 Å². The zero-order valence-corrected chi connectivity index (χ0v) is 15.0. The van der Waals surface area contributed by atoms with Crippen LogP contribution in [0.15, 0.2) is 36.0 Å². The van der Waals surface area contributed by atoms with E-state index in [4.69, 9.17) is 12.2 Å². The van der Waals surface area contributed by atoms with Crippen molar-refractivity contribution in [2.75, 3.05) is 13.7 Å². The number of esters is 1. The Morgan fingerprint density at radius 2 is 2.12 bits per heavy atom. The van der Waals surface area contributed by atoms with E-state index in [0.29, 0.717) is 26.7 Å². The van der Waals surface area contributed by atoms with Crippen molar-refractivity contribution in [3.05, 3.63) is 58.2 Å². The van der Waals surface area contributed by atoms with Crippen molar-refractivity contribution < 1.29 is 19.0 Å². The molecule has 2 aromatic rings.